The third kappa shape index (κ3) is 4.29. The van der Waals surface area contributed by atoms with E-state index in [1.165, 1.54) is 42.4 Å². The Bertz CT molecular complexity index is 678. The molecule has 1 atom stereocenters. The first-order valence-corrected chi connectivity index (χ1v) is 8.83. The molecule has 8 heteroatoms. The minimum absolute atomic E-state index is 0.199. The molecule has 1 amide bonds. The van der Waals surface area contributed by atoms with Gasteiger partial charge in [-0.3, -0.25) is 9.59 Å². The third-order valence-corrected chi connectivity index (χ3v) is 5.45. The second-order valence-electron chi connectivity index (χ2n) is 5.38. The van der Waals surface area contributed by atoms with Crippen molar-refractivity contribution in [2.75, 3.05) is 18.4 Å². The molecule has 126 valence electrons. The summed E-state index contributed by atoms with van der Waals surface area (Å²) >= 11 is 0. The Labute approximate surface area is 135 Å². The van der Waals surface area contributed by atoms with E-state index in [9.17, 15) is 18.0 Å². The third-order valence-electron chi connectivity index (χ3n) is 3.54. The van der Waals surface area contributed by atoms with Gasteiger partial charge in [0, 0.05) is 25.7 Å². The Morgan fingerprint density at radius 3 is 2.26 bits per heavy atom. The number of amides is 1. The zero-order valence-corrected chi connectivity index (χ0v) is 13.9. The molecule has 0 aromatic heterocycles. The van der Waals surface area contributed by atoms with Crippen LogP contribution in [0.15, 0.2) is 29.2 Å². The van der Waals surface area contributed by atoms with Gasteiger partial charge in [-0.15, -0.1) is 0 Å². The summed E-state index contributed by atoms with van der Waals surface area (Å²) in [6, 6.07) is 5.95. The number of benzene rings is 1. The molecule has 0 saturated carbocycles. The predicted octanol–water partition coefficient (Wildman–Crippen LogP) is 1.36. The van der Waals surface area contributed by atoms with Gasteiger partial charge in [0.2, 0.25) is 10.0 Å². The average molecular weight is 340 g/mol. The number of nitrogens with zero attached hydrogens (tertiary/aromatic N) is 1. The number of sulfonamides is 1. The SMILES string of the molecule is CC(=O)O[C@@H](C)C(=O)Nc1ccc(S(=O)(=O)N2CCCC2)cc1. The van der Waals surface area contributed by atoms with Crippen molar-refractivity contribution in [3.63, 3.8) is 0 Å². The summed E-state index contributed by atoms with van der Waals surface area (Å²) in [6.07, 6.45) is 0.837. The van der Waals surface area contributed by atoms with Crippen molar-refractivity contribution in [3.8, 4) is 0 Å². The van der Waals surface area contributed by atoms with E-state index in [2.05, 4.69) is 5.32 Å². The molecule has 0 aliphatic carbocycles. The summed E-state index contributed by atoms with van der Waals surface area (Å²) in [5, 5.41) is 2.57. The van der Waals surface area contributed by atoms with Crippen LogP contribution in [0.3, 0.4) is 0 Å². The Kier molecular flexibility index (Phi) is 5.38. The molecule has 1 heterocycles. The van der Waals surface area contributed by atoms with E-state index in [1.54, 1.807) is 0 Å². The van der Waals surface area contributed by atoms with Crippen LogP contribution in [0.25, 0.3) is 0 Å². The standard InChI is InChI=1S/C15H20N2O5S/c1-11(22-12(2)18)15(19)16-13-5-7-14(8-6-13)23(20,21)17-9-3-4-10-17/h5-8,11H,3-4,9-10H2,1-2H3,(H,16,19)/t11-/m0/s1. The normalized spacial score (nSPS) is 16.8. The average Bonchev–Trinajstić information content (AvgIpc) is 3.02. The molecular weight excluding hydrogens is 320 g/mol. The first kappa shape index (κ1) is 17.4. The monoisotopic (exact) mass is 340 g/mol. The number of anilines is 1. The minimum atomic E-state index is -3.46. The highest BCUT2D eigenvalue weighted by atomic mass is 32.2. The van der Waals surface area contributed by atoms with Crippen LogP contribution in [-0.4, -0.2) is 43.8 Å². The van der Waals surface area contributed by atoms with Crippen molar-refractivity contribution in [1.29, 1.82) is 0 Å². The largest absolute Gasteiger partial charge is 0.453 e. The Balaban J connectivity index is 2.05. The summed E-state index contributed by atoms with van der Waals surface area (Å²) in [5.74, 6) is -1.02. The maximum Gasteiger partial charge on any atom is 0.303 e. The zero-order chi connectivity index (χ0) is 17.0. The van der Waals surface area contributed by atoms with Crippen LogP contribution in [-0.2, 0) is 24.3 Å². The van der Waals surface area contributed by atoms with Crippen molar-refractivity contribution < 1.29 is 22.7 Å². The van der Waals surface area contributed by atoms with Gasteiger partial charge in [0.25, 0.3) is 5.91 Å². The molecule has 0 unspecified atom stereocenters. The fourth-order valence-electron chi connectivity index (χ4n) is 2.33. The van der Waals surface area contributed by atoms with Gasteiger partial charge in [-0.1, -0.05) is 0 Å². The van der Waals surface area contributed by atoms with Crippen LogP contribution >= 0.6 is 0 Å². The maximum absolute atomic E-state index is 12.4. The van der Waals surface area contributed by atoms with Gasteiger partial charge in [-0.05, 0) is 44.0 Å². The zero-order valence-electron chi connectivity index (χ0n) is 13.1. The van der Waals surface area contributed by atoms with Crippen molar-refractivity contribution >= 4 is 27.6 Å². The number of carbonyl (C=O) groups excluding carboxylic acids is 2. The number of ether oxygens (including phenoxy) is 1. The van der Waals surface area contributed by atoms with Crippen LogP contribution in [0, 0.1) is 0 Å². The summed E-state index contributed by atoms with van der Waals surface area (Å²) in [4.78, 5) is 22.8. The Morgan fingerprint density at radius 2 is 1.74 bits per heavy atom. The molecule has 1 aromatic rings. The lowest BCUT2D eigenvalue weighted by Crippen LogP contribution is -2.29. The van der Waals surface area contributed by atoms with Crippen LogP contribution in [0.5, 0.6) is 0 Å². The van der Waals surface area contributed by atoms with Crippen molar-refractivity contribution in [3.05, 3.63) is 24.3 Å². The van der Waals surface area contributed by atoms with Crippen LogP contribution in [0.1, 0.15) is 26.7 Å². The molecule has 1 aliphatic heterocycles. The van der Waals surface area contributed by atoms with Crippen molar-refractivity contribution in [2.24, 2.45) is 0 Å². The van der Waals surface area contributed by atoms with Gasteiger partial charge in [-0.25, -0.2) is 8.42 Å². The number of nitrogens with one attached hydrogen (secondary N) is 1. The van der Waals surface area contributed by atoms with Gasteiger partial charge < -0.3 is 10.1 Å². The van der Waals surface area contributed by atoms with Gasteiger partial charge in [0.05, 0.1) is 4.90 Å². The number of hydrogen-bond donors (Lipinski definition) is 1. The molecule has 1 N–H and O–H groups in total. The van der Waals surface area contributed by atoms with E-state index < -0.39 is 28.0 Å². The van der Waals surface area contributed by atoms with Gasteiger partial charge in [-0.2, -0.15) is 4.31 Å². The Morgan fingerprint density at radius 1 is 1.17 bits per heavy atom. The molecular formula is C15H20N2O5S. The molecule has 1 fully saturated rings. The van der Waals surface area contributed by atoms with Gasteiger partial charge >= 0.3 is 5.97 Å². The first-order valence-electron chi connectivity index (χ1n) is 7.39. The highest BCUT2D eigenvalue weighted by molar-refractivity contribution is 7.89. The predicted molar refractivity (Wildman–Crippen MR) is 84.3 cm³/mol. The Hall–Kier alpha value is -1.93. The highest BCUT2D eigenvalue weighted by Crippen LogP contribution is 2.22. The van der Waals surface area contributed by atoms with Crippen molar-refractivity contribution in [1.82, 2.24) is 4.31 Å². The van der Waals surface area contributed by atoms with Crippen LogP contribution in [0.2, 0.25) is 0 Å². The van der Waals surface area contributed by atoms with Crippen molar-refractivity contribution in [2.45, 2.75) is 37.7 Å². The summed E-state index contributed by atoms with van der Waals surface area (Å²) in [5.41, 5.74) is 0.439. The molecule has 1 aromatic carbocycles. The highest BCUT2D eigenvalue weighted by Gasteiger charge is 2.27. The molecule has 7 nitrogen and oxygen atoms in total. The van der Waals surface area contributed by atoms with Gasteiger partial charge in [0.15, 0.2) is 6.10 Å². The van der Waals surface area contributed by atoms with E-state index in [-0.39, 0.29) is 4.90 Å². The van der Waals surface area contributed by atoms with E-state index in [0.717, 1.165) is 12.8 Å². The van der Waals surface area contributed by atoms with E-state index >= 15 is 0 Å². The quantitative estimate of drug-likeness (QED) is 0.817. The lowest BCUT2D eigenvalue weighted by molar-refractivity contribution is -0.150. The summed E-state index contributed by atoms with van der Waals surface area (Å²) in [7, 11) is -3.46. The number of rotatable bonds is 5. The molecule has 1 saturated heterocycles. The smallest absolute Gasteiger partial charge is 0.303 e. The minimum Gasteiger partial charge on any atom is -0.453 e. The molecule has 0 radical (unpaired) electrons. The van der Waals surface area contributed by atoms with E-state index in [0.29, 0.717) is 18.8 Å². The van der Waals surface area contributed by atoms with Crippen LogP contribution < -0.4 is 5.32 Å². The maximum atomic E-state index is 12.4. The van der Waals surface area contributed by atoms with E-state index in [1.807, 2.05) is 0 Å². The summed E-state index contributed by atoms with van der Waals surface area (Å²) < 4.78 is 31.0. The second kappa shape index (κ2) is 7.10. The molecule has 0 bridgehead atoms. The number of carbonyl (C=O) groups is 2. The first-order chi connectivity index (χ1) is 10.8. The van der Waals surface area contributed by atoms with E-state index in [4.69, 9.17) is 4.74 Å². The fourth-order valence-corrected chi connectivity index (χ4v) is 3.85. The van der Waals surface area contributed by atoms with Crippen LogP contribution in [0.4, 0.5) is 5.69 Å². The summed E-state index contributed by atoms with van der Waals surface area (Å²) in [6.45, 7) is 3.77. The molecule has 23 heavy (non-hydrogen) atoms. The topological polar surface area (TPSA) is 92.8 Å². The molecule has 1 aliphatic rings. The van der Waals surface area contributed by atoms with Gasteiger partial charge in [0.1, 0.15) is 0 Å². The molecule has 2 rings (SSSR count). The number of hydrogen-bond acceptors (Lipinski definition) is 5. The lowest BCUT2D eigenvalue weighted by Gasteiger charge is -2.16. The second-order valence-corrected chi connectivity index (χ2v) is 7.31. The molecule has 0 spiro atoms. The fraction of sp³-hybridized carbons (Fsp3) is 0.467. The lowest BCUT2D eigenvalue weighted by atomic mass is 10.3. The number of esters is 1.